The average molecular weight is 494 g/mol. The average Bonchev–Trinajstić information content (AvgIpc) is 3.15. The highest BCUT2D eigenvalue weighted by Crippen LogP contribution is 2.46. The number of hydrogen-bond donors (Lipinski definition) is 0. The third-order valence-corrected chi connectivity index (χ3v) is 6.80. The third-order valence-electron chi connectivity index (χ3n) is 5.78. The molecule has 0 spiro atoms. The Balaban J connectivity index is 1.99. The van der Waals surface area contributed by atoms with Crippen LogP contribution in [0.15, 0.2) is 70.6 Å². The highest BCUT2D eigenvalue weighted by molar-refractivity contribution is 8.26. The summed E-state index contributed by atoms with van der Waals surface area (Å²) in [6, 6.07) is 17.0. The van der Waals surface area contributed by atoms with Crippen LogP contribution in [0.2, 0.25) is 0 Å². The molecule has 2 aromatic rings. The van der Waals surface area contributed by atoms with Gasteiger partial charge < -0.3 is 9.47 Å². The van der Waals surface area contributed by atoms with Gasteiger partial charge in [-0.05, 0) is 43.7 Å². The molecular weight excluding hydrogens is 466 g/mol. The highest BCUT2D eigenvalue weighted by atomic mass is 32.2. The standard InChI is InChI=1S/C26H27N3O5S/c1-25(2,3)27-20-18(21(30)33-4)19(22(31)34-5)29-23(32)26(28-24(29)35-20,16-12-8-6-9-13-16)17-14-10-7-11-15-17/h6-15,18-19H,1-5H3/t18-,19-/m0/s1. The molecule has 0 unspecified atom stereocenters. The maximum atomic E-state index is 14.3. The van der Waals surface area contributed by atoms with Crippen LogP contribution >= 0.6 is 11.8 Å². The van der Waals surface area contributed by atoms with E-state index in [2.05, 4.69) is 0 Å². The maximum absolute atomic E-state index is 14.3. The van der Waals surface area contributed by atoms with E-state index in [1.165, 1.54) is 19.1 Å². The molecule has 8 nitrogen and oxygen atoms in total. The van der Waals surface area contributed by atoms with E-state index in [1.54, 1.807) is 0 Å². The third kappa shape index (κ3) is 4.25. The summed E-state index contributed by atoms with van der Waals surface area (Å²) < 4.78 is 10.1. The minimum Gasteiger partial charge on any atom is -0.468 e. The van der Waals surface area contributed by atoms with E-state index in [1.807, 2.05) is 81.4 Å². The van der Waals surface area contributed by atoms with Crippen LogP contribution in [0.4, 0.5) is 0 Å². The SMILES string of the molecule is COC(=O)[C@@H]1C(=NC(C)(C)C)SC2=NC(c3ccccc3)(c3ccccc3)C(=O)N2[C@@H]1C(=O)OC. The van der Waals surface area contributed by atoms with E-state index >= 15 is 0 Å². The molecule has 2 atom stereocenters. The van der Waals surface area contributed by atoms with Crippen molar-refractivity contribution in [3.05, 3.63) is 71.8 Å². The maximum Gasteiger partial charge on any atom is 0.330 e. The van der Waals surface area contributed by atoms with Gasteiger partial charge in [-0.1, -0.05) is 60.7 Å². The van der Waals surface area contributed by atoms with Crippen molar-refractivity contribution in [1.29, 1.82) is 0 Å². The van der Waals surface area contributed by atoms with Gasteiger partial charge in [0.2, 0.25) is 0 Å². The van der Waals surface area contributed by atoms with Crippen LogP contribution in [0, 0.1) is 5.92 Å². The smallest absolute Gasteiger partial charge is 0.330 e. The van der Waals surface area contributed by atoms with Gasteiger partial charge in [0, 0.05) is 0 Å². The zero-order valence-electron chi connectivity index (χ0n) is 20.2. The predicted octanol–water partition coefficient (Wildman–Crippen LogP) is 3.40. The normalized spacial score (nSPS) is 22.4. The molecule has 35 heavy (non-hydrogen) atoms. The van der Waals surface area contributed by atoms with Gasteiger partial charge in [0.1, 0.15) is 5.92 Å². The number of nitrogens with zero attached hydrogens (tertiary/aromatic N) is 3. The van der Waals surface area contributed by atoms with Crippen LogP contribution in [0.25, 0.3) is 0 Å². The Morgan fingerprint density at radius 3 is 1.91 bits per heavy atom. The summed E-state index contributed by atoms with van der Waals surface area (Å²) in [6.45, 7) is 5.65. The first-order chi connectivity index (χ1) is 16.6. The number of esters is 2. The molecule has 0 aromatic heterocycles. The predicted molar refractivity (Wildman–Crippen MR) is 134 cm³/mol. The molecule has 2 aliphatic rings. The van der Waals surface area contributed by atoms with Crippen LogP contribution in [0.1, 0.15) is 31.9 Å². The molecule has 4 rings (SSSR count). The van der Waals surface area contributed by atoms with Gasteiger partial charge in [0.15, 0.2) is 16.7 Å². The number of fused-ring (bicyclic) bond motifs is 1. The summed E-state index contributed by atoms with van der Waals surface area (Å²) in [5.41, 5.74) is -0.705. The molecule has 1 fully saturated rings. The Morgan fingerprint density at radius 1 is 0.943 bits per heavy atom. The minimum absolute atomic E-state index is 0.279. The fourth-order valence-electron chi connectivity index (χ4n) is 4.31. The molecule has 2 aromatic carbocycles. The molecule has 0 radical (unpaired) electrons. The zero-order chi connectivity index (χ0) is 25.4. The highest BCUT2D eigenvalue weighted by Gasteiger charge is 2.60. The van der Waals surface area contributed by atoms with Gasteiger partial charge in [-0.2, -0.15) is 0 Å². The first-order valence-electron chi connectivity index (χ1n) is 11.1. The number of hydrogen-bond acceptors (Lipinski definition) is 8. The summed E-state index contributed by atoms with van der Waals surface area (Å²) in [5, 5.41) is 0.626. The molecule has 9 heteroatoms. The minimum atomic E-state index is -1.44. The number of benzene rings is 2. The van der Waals surface area contributed by atoms with Gasteiger partial charge in [0.25, 0.3) is 5.91 Å². The summed E-state index contributed by atoms with van der Waals surface area (Å²) in [4.78, 5) is 51.4. The summed E-state index contributed by atoms with van der Waals surface area (Å²) in [5.74, 6) is -3.03. The topological polar surface area (TPSA) is 97.6 Å². The van der Waals surface area contributed by atoms with E-state index in [-0.39, 0.29) is 5.17 Å². The number of rotatable bonds is 4. The number of ether oxygens (including phenoxy) is 2. The Bertz CT molecular complexity index is 1160. The van der Waals surface area contributed by atoms with Crippen LogP contribution in [-0.2, 0) is 29.4 Å². The van der Waals surface area contributed by atoms with Gasteiger partial charge in [-0.3, -0.25) is 19.5 Å². The van der Waals surface area contributed by atoms with Crippen molar-refractivity contribution in [3.8, 4) is 0 Å². The number of carbonyl (C=O) groups is 3. The second-order valence-electron chi connectivity index (χ2n) is 9.20. The number of amidine groups is 1. The molecular formula is C26H27N3O5S. The van der Waals surface area contributed by atoms with Crippen molar-refractivity contribution in [1.82, 2.24) is 4.90 Å². The quantitative estimate of drug-likeness (QED) is 0.606. The summed E-state index contributed by atoms with van der Waals surface area (Å²) in [7, 11) is 2.46. The molecule has 0 N–H and O–H groups in total. The Kier molecular flexibility index (Phi) is 6.55. The van der Waals surface area contributed by atoms with E-state index in [0.29, 0.717) is 16.2 Å². The molecule has 2 heterocycles. The second kappa shape index (κ2) is 9.30. The van der Waals surface area contributed by atoms with Crippen LogP contribution in [0.3, 0.4) is 0 Å². The van der Waals surface area contributed by atoms with Crippen LogP contribution in [-0.4, -0.2) is 58.8 Å². The molecule has 0 aliphatic carbocycles. The number of carbonyl (C=O) groups excluding carboxylic acids is 3. The monoisotopic (exact) mass is 493 g/mol. The van der Waals surface area contributed by atoms with E-state index in [9.17, 15) is 14.4 Å². The number of amides is 1. The van der Waals surface area contributed by atoms with E-state index in [4.69, 9.17) is 19.5 Å². The van der Waals surface area contributed by atoms with Gasteiger partial charge in [0.05, 0.1) is 24.8 Å². The van der Waals surface area contributed by atoms with Crippen molar-refractivity contribution in [2.24, 2.45) is 15.9 Å². The fraction of sp³-hybridized carbons (Fsp3) is 0.346. The molecule has 1 saturated heterocycles. The lowest BCUT2D eigenvalue weighted by Gasteiger charge is -2.37. The number of aliphatic imine (C=N–C) groups is 2. The molecule has 0 saturated carbocycles. The lowest BCUT2D eigenvalue weighted by molar-refractivity contribution is -0.157. The van der Waals surface area contributed by atoms with E-state index < -0.39 is 40.9 Å². The van der Waals surface area contributed by atoms with Crippen molar-refractivity contribution >= 4 is 39.8 Å². The second-order valence-corrected chi connectivity index (χ2v) is 10.2. The first kappa shape index (κ1) is 24.7. The van der Waals surface area contributed by atoms with Crippen LogP contribution < -0.4 is 0 Å². The molecule has 0 bridgehead atoms. The largest absolute Gasteiger partial charge is 0.468 e. The van der Waals surface area contributed by atoms with Crippen molar-refractivity contribution in [2.45, 2.75) is 37.9 Å². The summed E-state index contributed by atoms with van der Waals surface area (Å²) in [6.07, 6.45) is 0. The van der Waals surface area contributed by atoms with Crippen molar-refractivity contribution < 1.29 is 23.9 Å². The zero-order valence-corrected chi connectivity index (χ0v) is 21.0. The molecule has 2 aliphatic heterocycles. The lowest BCUT2D eigenvalue weighted by atomic mass is 9.82. The van der Waals surface area contributed by atoms with Crippen LogP contribution in [0.5, 0.6) is 0 Å². The first-order valence-corrected chi connectivity index (χ1v) is 11.9. The van der Waals surface area contributed by atoms with Crippen molar-refractivity contribution in [2.75, 3.05) is 14.2 Å². The Hall–Kier alpha value is -3.46. The molecule has 1 amide bonds. The van der Waals surface area contributed by atoms with Crippen molar-refractivity contribution in [3.63, 3.8) is 0 Å². The molecule has 182 valence electrons. The van der Waals surface area contributed by atoms with Gasteiger partial charge in [-0.25, -0.2) is 9.79 Å². The summed E-state index contributed by atoms with van der Waals surface area (Å²) >= 11 is 1.10. The fourth-order valence-corrected chi connectivity index (χ4v) is 5.64. The van der Waals surface area contributed by atoms with Gasteiger partial charge >= 0.3 is 11.9 Å². The Labute approximate surface area is 208 Å². The number of thioether (sulfide) groups is 1. The van der Waals surface area contributed by atoms with Gasteiger partial charge in [-0.15, -0.1) is 0 Å². The lowest BCUT2D eigenvalue weighted by Crippen LogP contribution is -2.59. The van der Waals surface area contributed by atoms with E-state index in [0.717, 1.165) is 11.8 Å². The number of methoxy groups -OCH3 is 2. The Morgan fingerprint density at radius 2 is 1.46 bits per heavy atom.